The second-order valence-electron chi connectivity index (χ2n) is 25.8. The van der Waals surface area contributed by atoms with Gasteiger partial charge in [0.2, 0.25) is 0 Å². The molecule has 10 N–H and O–H groups in total. The largest absolute Gasteiger partial charge is 0.504 e. The second-order valence-corrected chi connectivity index (χ2v) is 28.3. The molecule has 0 amide bonds. The SMILES string of the molecule is CC[C@H]1Cc2cc(O)c(O[C@H]3C[C@@H](Cc4ccc[nH]4)C4=CCNC(N)=C4CSSC[C@H](CO)[C@@H]3O)cc2[C@@H]2C[C@@H](O)[C@H]3[C@H](C#C[C@]45C[C@H](c6ccccc6)[C@H]6Cc7ccccc7CC[C@@H]7CC[C@H](O)[C@@H]4[C@@]76C=C[C@H]5CCC[C@@H]3O)C=C12. The Morgan fingerprint density at radius 2 is 1.69 bits per heavy atom. The van der Waals surface area contributed by atoms with E-state index in [1.807, 2.05) is 24.4 Å². The number of phenols is 1. The van der Waals surface area contributed by atoms with Gasteiger partial charge in [-0.15, -0.1) is 0 Å². The number of phenolic OH excluding ortho intramolecular Hbond substituents is 1. The molecule has 9 aliphatic rings. The van der Waals surface area contributed by atoms with E-state index in [0.29, 0.717) is 61.9 Å². The fraction of sp³-hybridized carbons (Fsp3) is 0.536. The lowest BCUT2D eigenvalue weighted by atomic mass is 9.35. The Labute approximate surface area is 487 Å². The number of aromatic amines is 1. The van der Waals surface area contributed by atoms with E-state index < -0.39 is 53.7 Å². The lowest BCUT2D eigenvalue weighted by molar-refractivity contribution is -0.174. The Bertz CT molecular complexity index is 3130. The van der Waals surface area contributed by atoms with Gasteiger partial charge in [0.05, 0.1) is 24.4 Å². The van der Waals surface area contributed by atoms with Crippen LogP contribution >= 0.6 is 21.6 Å². The van der Waals surface area contributed by atoms with E-state index in [9.17, 15) is 30.6 Å². The number of nitrogens with one attached hydrogen (secondary N) is 2. The first kappa shape index (κ1) is 55.4. The number of H-pyrrole nitrogens is 1. The highest BCUT2D eigenvalue weighted by atomic mass is 33.1. The summed E-state index contributed by atoms with van der Waals surface area (Å²) in [6, 6.07) is 28.2. The zero-order chi connectivity index (χ0) is 55.6. The van der Waals surface area contributed by atoms with E-state index in [1.165, 1.54) is 22.3 Å². The van der Waals surface area contributed by atoms with Crippen LogP contribution in [0.2, 0.25) is 0 Å². The van der Waals surface area contributed by atoms with E-state index in [0.717, 1.165) is 85.8 Å². The third kappa shape index (κ3) is 9.94. The number of aromatic nitrogens is 1. The molecule has 18 atom stereocenters. The Morgan fingerprint density at radius 3 is 2.51 bits per heavy atom. The van der Waals surface area contributed by atoms with Gasteiger partial charge in [0, 0.05) is 82.5 Å². The summed E-state index contributed by atoms with van der Waals surface area (Å²) in [6.07, 6.45) is 18.5. The third-order valence-corrected chi connectivity index (χ3v) is 24.3. The van der Waals surface area contributed by atoms with Crippen LogP contribution in [-0.2, 0) is 25.7 Å². The molecule has 2 saturated carbocycles. The molecule has 0 radical (unpaired) electrons. The lowest BCUT2D eigenvalue weighted by Gasteiger charge is -2.68. The Kier molecular flexibility index (Phi) is 15.7. The predicted octanol–water partition coefficient (Wildman–Crippen LogP) is 10.5. The number of aromatic hydroxyl groups is 1. The second kappa shape index (κ2) is 23.0. The van der Waals surface area contributed by atoms with Gasteiger partial charge in [-0.2, -0.15) is 0 Å². The number of hydrogen-bond donors (Lipinski definition) is 9. The van der Waals surface area contributed by atoms with Gasteiger partial charge in [0.1, 0.15) is 11.9 Å². The Morgan fingerprint density at radius 1 is 0.852 bits per heavy atom. The van der Waals surface area contributed by atoms with Gasteiger partial charge in [-0.25, -0.2) is 0 Å². The average Bonchev–Trinajstić information content (AvgIpc) is 2.06. The van der Waals surface area contributed by atoms with Crippen molar-refractivity contribution >= 4 is 21.6 Å². The van der Waals surface area contributed by atoms with Gasteiger partial charge < -0.3 is 51.4 Å². The summed E-state index contributed by atoms with van der Waals surface area (Å²) in [5, 5.41) is 76.9. The summed E-state index contributed by atoms with van der Waals surface area (Å²) in [4.78, 5) is 3.39. The fourth-order valence-electron chi connectivity index (χ4n) is 18.1. The van der Waals surface area contributed by atoms with Crippen LogP contribution in [0, 0.1) is 75.9 Å². The van der Waals surface area contributed by atoms with Crippen molar-refractivity contribution in [3.8, 4) is 23.3 Å². The van der Waals surface area contributed by atoms with Crippen LogP contribution in [0.15, 0.2) is 132 Å². The maximum Gasteiger partial charge on any atom is 0.161 e. The van der Waals surface area contributed by atoms with Crippen LogP contribution in [0.5, 0.6) is 11.5 Å². The monoisotopic (exact) mass is 1130 g/mol. The minimum absolute atomic E-state index is 0.00302. The lowest BCUT2D eigenvalue weighted by Crippen LogP contribution is -2.66. The number of aliphatic hydroxyl groups is 5. The summed E-state index contributed by atoms with van der Waals surface area (Å²) in [5.74, 6) is 9.55. The van der Waals surface area contributed by atoms with Gasteiger partial charge in [-0.1, -0.05) is 131 Å². The maximum atomic E-state index is 12.9. The highest BCUT2D eigenvalue weighted by Crippen LogP contribution is 2.72. The first-order valence-corrected chi connectivity index (χ1v) is 33.2. The van der Waals surface area contributed by atoms with Crippen molar-refractivity contribution in [2.75, 3.05) is 24.7 Å². The average molecular weight is 1130 g/mol. The molecule has 7 aliphatic carbocycles. The van der Waals surface area contributed by atoms with E-state index >= 15 is 0 Å². The zero-order valence-corrected chi connectivity index (χ0v) is 48.5. The number of dihydropyridines is 1. The van der Waals surface area contributed by atoms with Crippen LogP contribution < -0.4 is 15.8 Å². The number of allylic oxidation sites excluding steroid dienone is 5. The molecule has 3 aromatic carbocycles. The van der Waals surface area contributed by atoms with Crippen molar-refractivity contribution in [3.63, 3.8) is 0 Å². The van der Waals surface area contributed by atoms with Crippen molar-refractivity contribution in [1.29, 1.82) is 0 Å². The molecule has 1 saturated heterocycles. The molecule has 2 spiro atoms. The number of rotatable bonds is 7. The van der Waals surface area contributed by atoms with Gasteiger partial charge >= 0.3 is 0 Å². The van der Waals surface area contributed by atoms with Crippen molar-refractivity contribution in [3.05, 3.63) is 165 Å². The van der Waals surface area contributed by atoms with Crippen molar-refractivity contribution in [1.82, 2.24) is 10.3 Å². The zero-order valence-electron chi connectivity index (χ0n) is 46.8. The Balaban J connectivity index is 0.900. The summed E-state index contributed by atoms with van der Waals surface area (Å²) in [6.45, 7) is 2.58. The molecule has 10 nitrogen and oxygen atoms in total. The van der Waals surface area contributed by atoms with E-state index in [2.05, 4.69) is 114 Å². The van der Waals surface area contributed by atoms with Gasteiger partial charge in [-0.3, -0.25) is 0 Å². The molecular weight excluding hydrogens is 1050 g/mol. The highest BCUT2D eigenvalue weighted by Gasteiger charge is 2.69. The molecule has 81 heavy (non-hydrogen) atoms. The first-order chi connectivity index (χ1) is 39.5. The number of nitrogens with two attached hydrogens (primary N) is 1. The third-order valence-electron chi connectivity index (χ3n) is 21.9. The smallest absolute Gasteiger partial charge is 0.161 e. The maximum absolute atomic E-state index is 12.9. The molecule has 428 valence electrons. The standard InChI is InChI=1S/C69H83N3O7S2/c1-2-40-28-45-32-60(76)62(79-63-33-46(29-50-15-9-26-71-50)51-23-27-72-67(70)56(51)39-81-80-38-47(37-73)65(63)78)35-53(45)54-34-61(77)64-44(30-52(40)54)21-24-68-36-55(42-11-4-3-5-12-42)57-31-43-13-7-6-10-41(43)17-18-49-19-20-59(75)66(68)69(49,57)25-22-48(68)14-8-16-58(64)74/h3-7,9-13,15,22-23,25-26,30,32,35,40,44,46-49,54-55,57-59,61,63-66,71-78H,2,8,14,16-20,27-29,31,33-34,36-39,70H2,1H3/t40-,44+,46+,47-,48+,49+,54+,55+,57+,58-,59-,61+,63-,64-,65-,66-,68+,69-/m0/s1. The molecule has 3 heterocycles. The molecule has 2 aliphatic heterocycles. The van der Waals surface area contributed by atoms with Crippen molar-refractivity contribution in [2.45, 2.75) is 139 Å². The molecule has 2 bridgehead atoms. The molecule has 3 fully saturated rings. The minimum Gasteiger partial charge on any atom is -0.504 e. The number of aliphatic hydroxyl groups excluding tert-OH is 5. The van der Waals surface area contributed by atoms with Gasteiger partial charge in [-0.05, 0) is 177 Å². The molecular formula is C69H83N3O7S2. The Hall–Kier alpha value is -4.84. The molecule has 4 aromatic rings. The van der Waals surface area contributed by atoms with Gasteiger partial charge in [0.25, 0.3) is 0 Å². The van der Waals surface area contributed by atoms with Crippen LogP contribution in [0.1, 0.15) is 116 Å². The predicted molar refractivity (Wildman–Crippen MR) is 323 cm³/mol. The minimum atomic E-state index is -1.06. The molecule has 12 heteroatoms. The summed E-state index contributed by atoms with van der Waals surface area (Å²) < 4.78 is 7.03. The van der Waals surface area contributed by atoms with Crippen molar-refractivity contribution < 1.29 is 35.4 Å². The van der Waals surface area contributed by atoms with E-state index in [-0.39, 0.29) is 64.9 Å². The summed E-state index contributed by atoms with van der Waals surface area (Å²) >= 11 is 0. The van der Waals surface area contributed by atoms with Crippen LogP contribution in [0.4, 0.5) is 0 Å². The van der Waals surface area contributed by atoms with Crippen LogP contribution in [0.3, 0.4) is 0 Å². The normalized spacial score (nSPS) is 38.1. The van der Waals surface area contributed by atoms with Crippen molar-refractivity contribution in [2.24, 2.45) is 69.8 Å². The number of hydrogen-bond acceptors (Lipinski definition) is 11. The number of benzene rings is 3. The fourth-order valence-corrected chi connectivity index (χ4v) is 20.6. The molecule has 0 unspecified atom stereocenters. The number of ether oxygens (including phenoxy) is 1. The van der Waals surface area contributed by atoms with Gasteiger partial charge in [0.15, 0.2) is 11.5 Å². The number of fused-ring (bicyclic) bond motifs is 6. The first-order valence-electron chi connectivity index (χ1n) is 30.7. The van der Waals surface area contributed by atoms with Crippen LogP contribution in [-0.4, -0.2) is 90.8 Å². The quantitative estimate of drug-likeness (QED) is 0.0488. The number of aryl methyl sites for hydroxylation is 1. The molecule has 13 rings (SSSR count). The summed E-state index contributed by atoms with van der Waals surface area (Å²) in [5.41, 5.74) is 16.6. The molecule has 1 aromatic heterocycles. The topological polar surface area (TPSA) is 184 Å². The summed E-state index contributed by atoms with van der Waals surface area (Å²) in [7, 11) is 3.28. The highest BCUT2D eigenvalue weighted by molar-refractivity contribution is 8.76. The van der Waals surface area contributed by atoms with E-state index in [1.54, 1.807) is 21.6 Å². The van der Waals surface area contributed by atoms with E-state index in [4.69, 9.17) is 10.5 Å². The van der Waals surface area contributed by atoms with Crippen LogP contribution in [0.25, 0.3) is 0 Å².